The molecule has 0 aliphatic carbocycles. The molecular weight excluding hydrogens is 348 g/mol. The summed E-state index contributed by atoms with van der Waals surface area (Å²) < 4.78 is 3.18. The summed E-state index contributed by atoms with van der Waals surface area (Å²) in [6, 6.07) is 9.78. The number of pyridine rings is 1. The smallest absolute Gasteiger partial charge is 0.285 e. The minimum Gasteiger partial charge on any atom is -0.347 e. The molecule has 1 amide bonds. The zero-order valence-electron chi connectivity index (χ0n) is 15.1. The molecule has 1 aromatic carbocycles. The van der Waals surface area contributed by atoms with E-state index in [1.165, 1.54) is 0 Å². The lowest BCUT2D eigenvalue weighted by Gasteiger charge is -2.10. The number of carbonyl (C=O) groups excluding carboxylic acids is 1. The maximum Gasteiger partial charge on any atom is 0.285 e. The van der Waals surface area contributed by atoms with E-state index in [0.29, 0.717) is 11.6 Å². The predicted molar refractivity (Wildman–Crippen MR) is 103 cm³/mol. The van der Waals surface area contributed by atoms with Crippen molar-refractivity contribution in [3.63, 3.8) is 0 Å². The van der Waals surface area contributed by atoms with Crippen molar-refractivity contribution in [2.24, 2.45) is 5.92 Å². The van der Waals surface area contributed by atoms with Gasteiger partial charge in [-0.1, -0.05) is 13.8 Å². The lowest BCUT2D eigenvalue weighted by Crippen LogP contribution is -2.26. The molecule has 27 heavy (non-hydrogen) atoms. The van der Waals surface area contributed by atoms with E-state index in [2.05, 4.69) is 23.7 Å². The molecule has 1 N–H and O–H groups in total. The number of benzene rings is 1. The number of rotatable bonds is 6. The number of aromatic nitrogens is 2. The Bertz CT molecular complexity index is 1070. The van der Waals surface area contributed by atoms with Crippen molar-refractivity contribution in [2.75, 3.05) is 5.32 Å². The summed E-state index contributed by atoms with van der Waals surface area (Å²) >= 11 is 0. The second kappa shape index (κ2) is 7.45. The molecule has 0 saturated carbocycles. The van der Waals surface area contributed by atoms with Crippen LogP contribution in [0.3, 0.4) is 0 Å². The Labute approximate surface area is 155 Å². The van der Waals surface area contributed by atoms with E-state index in [9.17, 15) is 19.7 Å². The molecule has 0 fully saturated rings. The van der Waals surface area contributed by atoms with Crippen molar-refractivity contribution in [3.05, 3.63) is 69.3 Å². The van der Waals surface area contributed by atoms with Crippen LogP contribution in [0.4, 0.5) is 11.4 Å². The van der Waals surface area contributed by atoms with Crippen LogP contribution in [-0.4, -0.2) is 20.0 Å². The van der Waals surface area contributed by atoms with Gasteiger partial charge in [-0.25, -0.2) is 0 Å². The quantitative estimate of drug-likeness (QED) is 0.534. The number of fused-ring (bicyclic) bond motifs is 1. The highest BCUT2D eigenvalue weighted by molar-refractivity contribution is 5.93. The van der Waals surface area contributed by atoms with Gasteiger partial charge in [0.05, 0.1) is 11.1 Å². The number of carbonyl (C=O) groups is 1. The highest BCUT2D eigenvalue weighted by Crippen LogP contribution is 2.21. The highest BCUT2D eigenvalue weighted by Gasteiger charge is 2.11. The Hall–Kier alpha value is -3.42. The van der Waals surface area contributed by atoms with Crippen LogP contribution < -0.4 is 10.9 Å². The van der Waals surface area contributed by atoms with E-state index in [1.54, 1.807) is 6.07 Å². The fourth-order valence-corrected chi connectivity index (χ4v) is 2.94. The topological polar surface area (TPSA) is 99.2 Å². The second-order valence-electron chi connectivity index (χ2n) is 6.79. The normalized spacial score (nSPS) is 11.1. The Morgan fingerprint density at radius 3 is 2.67 bits per heavy atom. The van der Waals surface area contributed by atoms with Crippen LogP contribution in [0.1, 0.15) is 13.8 Å². The average molecular weight is 368 g/mol. The third-order valence-corrected chi connectivity index (χ3v) is 4.11. The molecule has 0 atom stereocenters. The third-order valence-electron chi connectivity index (χ3n) is 4.11. The predicted octanol–water partition coefficient (Wildman–Crippen LogP) is 3.01. The van der Waals surface area contributed by atoms with E-state index < -0.39 is 16.4 Å². The molecule has 0 spiro atoms. The molecule has 0 saturated heterocycles. The summed E-state index contributed by atoms with van der Waals surface area (Å²) in [5.74, 6) is 0.0896. The van der Waals surface area contributed by atoms with Gasteiger partial charge in [-0.3, -0.25) is 24.3 Å². The van der Waals surface area contributed by atoms with Crippen LogP contribution >= 0.6 is 0 Å². The van der Waals surface area contributed by atoms with Crippen LogP contribution in [0.5, 0.6) is 0 Å². The summed E-state index contributed by atoms with van der Waals surface area (Å²) in [6.45, 7) is 4.91. The van der Waals surface area contributed by atoms with Crippen LogP contribution in [0, 0.1) is 16.0 Å². The van der Waals surface area contributed by atoms with Crippen LogP contribution in [0.2, 0.25) is 0 Å². The third kappa shape index (κ3) is 4.22. The fourth-order valence-electron chi connectivity index (χ4n) is 2.94. The Morgan fingerprint density at radius 2 is 1.96 bits per heavy atom. The molecule has 3 aromatic rings. The van der Waals surface area contributed by atoms with Crippen molar-refractivity contribution in [1.29, 1.82) is 0 Å². The van der Waals surface area contributed by atoms with Gasteiger partial charge in [-0.2, -0.15) is 0 Å². The van der Waals surface area contributed by atoms with E-state index in [-0.39, 0.29) is 12.2 Å². The Balaban J connectivity index is 1.75. The molecule has 8 nitrogen and oxygen atoms in total. The van der Waals surface area contributed by atoms with E-state index in [1.807, 2.05) is 24.4 Å². The summed E-state index contributed by atoms with van der Waals surface area (Å²) in [5, 5.41) is 14.6. The van der Waals surface area contributed by atoms with Gasteiger partial charge >= 0.3 is 0 Å². The molecule has 0 aliphatic rings. The number of anilines is 1. The van der Waals surface area contributed by atoms with Gasteiger partial charge in [0.25, 0.3) is 11.2 Å². The number of amides is 1. The molecule has 2 heterocycles. The lowest BCUT2D eigenvalue weighted by molar-refractivity contribution is -0.385. The van der Waals surface area contributed by atoms with Gasteiger partial charge in [0, 0.05) is 41.5 Å². The SMILES string of the molecule is CC(C)Cn1ccc2cc(NC(=O)Cn3cc([N+](=O)[O-])ccc3=O)ccc21. The van der Waals surface area contributed by atoms with Crippen molar-refractivity contribution >= 4 is 28.2 Å². The van der Waals surface area contributed by atoms with Crippen molar-refractivity contribution in [3.8, 4) is 0 Å². The van der Waals surface area contributed by atoms with Crippen molar-refractivity contribution in [2.45, 2.75) is 26.9 Å². The van der Waals surface area contributed by atoms with E-state index >= 15 is 0 Å². The maximum absolute atomic E-state index is 12.3. The molecule has 140 valence electrons. The molecule has 0 radical (unpaired) electrons. The van der Waals surface area contributed by atoms with Crippen LogP contribution in [0.15, 0.2) is 53.6 Å². The van der Waals surface area contributed by atoms with Crippen molar-refractivity contribution in [1.82, 2.24) is 9.13 Å². The van der Waals surface area contributed by atoms with Gasteiger partial charge in [-0.15, -0.1) is 0 Å². The number of nitrogens with one attached hydrogen (secondary N) is 1. The monoisotopic (exact) mass is 368 g/mol. The van der Waals surface area contributed by atoms with Gasteiger partial charge < -0.3 is 9.88 Å². The van der Waals surface area contributed by atoms with E-state index in [4.69, 9.17) is 0 Å². The van der Waals surface area contributed by atoms with Gasteiger partial charge in [-0.05, 0) is 30.2 Å². The summed E-state index contributed by atoms with van der Waals surface area (Å²) in [7, 11) is 0. The number of hydrogen-bond acceptors (Lipinski definition) is 4. The minimum atomic E-state index is -0.608. The van der Waals surface area contributed by atoms with Gasteiger partial charge in [0.1, 0.15) is 6.54 Å². The second-order valence-corrected chi connectivity index (χ2v) is 6.79. The molecule has 0 bridgehead atoms. The first-order chi connectivity index (χ1) is 12.8. The Morgan fingerprint density at radius 1 is 1.19 bits per heavy atom. The molecule has 0 aliphatic heterocycles. The van der Waals surface area contributed by atoms with Crippen LogP contribution in [-0.2, 0) is 17.9 Å². The summed E-state index contributed by atoms with van der Waals surface area (Å²) in [6.07, 6.45) is 3.08. The number of nitro groups is 1. The highest BCUT2D eigenvalue weighted by atomic mass is 16.6. The fraction of sp³-hybridized carbons (Fsp3) is 0.263. The minimum absolute atomic E-state index is 0.240. The standard InChI is InChI=1S/C19H20N4O4/c1-13(2)10-21-8-7-14-9-15(3-5-17(14)21)20-18(24)12-22-11-16(23(26)27)4-6-19(22)25/h3-9,11,13H,10,12H2,1-2H3,(H,20,24). The first-order valence-electron chi connectivity index (χ1n) is 8.57. The first kappa shape index (κ1) is 18.4. The molecule has 3 rings (SSSR count). The van der Waals surface area contributed by atoms with Gasteiger partial charge in [0.2, 0.25) is 5.91 Å². The Kier molecular flexibility index (Phi) is 5.07. The number of hydrogen-bond donors (Lipinski definition) is 1. The maximum atomic E-state index is 12.3. The zero-order chi connectivity index (χ0) is 19.6. The first-order valence-corrected chi connectivity index (χ1v) is 8.57. The molecule has 8 heteroatoms. The molecule has 2 aromatic heterocycles. The molecule has 0 unspecified atom stereocenters. The lowest BCUT2D eigenvalue weighted by atomic mass is 10.2. The molecular formula is C19H20N4O4. The number of nitrogens with zero attached hydrogens (tertiary/aromatic N) is 3. The van der Waals surface area contributed by atoms with Crippen molar-refractivity contribution < 1.29 is 9.72 Å². The van der Waals surface area contributed by atoms with Gasteiger partial charge in [0.15, 0.2) is 0 Å². The van der Waals surface area contributed by atoms with Crippen LogP contribution in [0.25, 0.3) is 10.9 Å². The average Bonchev–Trinajstić information content (AvgIpc) is 2.98. The van der Waals surface area contributed by atoms with E-state index in [0.717, 1.165) is 40.3 Å². The summed E-state index contributed by atoms with van der Waals surface area (Å²) in [4.78, 5) is 34.3. The summed E-state index contributed by atoms with van der Waals surface area (Å²) in [5.41, 5.74) is 0.970. The zero-order valence-corrected chi connectivity index (χ0v) is 15.1. The largest absolute Gasteiger partial charge is 0.347 e.